The van der Waals surface area contributed by atoms with E-state index in [2.05, 4.69) is 0 Å². The second-order valence-corrected chi connectivity index (χ2v) is 3.84. The molecule has 0 bridgehead atoms. The van der Waals surface area contributed by atoms with Gasteiger partial charge in [0.15, 0.2) is 0 Å². The topological polar surface area (TPSA) is 46.5 Å². The van der Waals surface area contributed by atoms with Gasteiger partial charge in [-0.05, 0) is 42.8 Å². The van der Waals surface area contributed by atoms with Gasteiger partial charge in [-0.3, -0.25) is 0 Å². The number of benzene rings is 2. The average Bonchev–Trinajstić information content (AvgIpc) is 2.34. The fourth-order valence-electron chi connectivity index (χ4n) is 1.44. The maximum absolute atomic E-state index is 13.3. The average molecular weight is 246 g/mol. The minimum atomic E-state index is -0.997. The molecule has 1 N–H and O–H groups in total. The Balaban J connectivity index is 2.18. The minimum Gasteiger partial charge on any atom is -0.478 e. The molecule has 0 aromatic heterocycles. The Morgan fingerprint density at radius 1 is 1.11 bits per heavy atom. The number of hydrogen-bond acceptors (Lipinski definition) is 2. The van der Waals surface area contributed by atoms with Gasteiger partial charge in [0.2, 0.25) is 0 Å². The summed E-state index contributed by atoms with van der Waals surface area (Å²) in [6.45, 7) is 1.67. The number of carbonyl (C=O) groups is 1. The first kappa shape index (κ1) is 12.1. The summed E-state index contributed by atoms with van der Waals surface area (Å²) in [5, 5.41) is 8.74. The van der Waals surface area contributed by atoms with Crippen molar-refractivity contribution in [1.82, 2.24) is 0 Å². The predicted molar refractivity (Wildman–Crippen MR) is 64.6 cm³/mol. The van der Waals surface area contributed by atoms with E-state index in [1.807, 2.05) is 0 Å². The van der Waals surface area contributed by atoms with Crippen molar-refractivity contribution in [2.45, 2.75) is 6.92 Å². The molecule has 92 valence electrons. The summed E-state index contributed by atoms with van der Waals surface area (Å²) < 4.78 is 18.7. The van der Waals surface area contributed by atoms with Crippen LogP contribution in [0.25, 0.3) is 0 Å². The van der Waals surface area contributed by atoms with Gasteiger partial charge in [0.05, 0.1) is 5.56 Å². The molecule has 0 saturated heterocycles. The highest BCUT2D eigenvalue weighted by atomic mass is 19.1. The van der Waals surface area contributed by atoms with Gasteiger partial charge in [-0.25, -0.2) is 9.18 Å². The number of aromatic carboxylic acids is 1. The molecule has 18 heavy (non-hydrogen) atoms. The highest BCUT2D eigenvalue weighted by molar-refractivity contribution is 5.87. The summed E-state index contributed by atoms with van der Waals surface area (Å²) in [6, 6.07) is 10.5. The fourth-order valence-corrected chi connectivity index (χ4v) is 1.44. The van der Waals surface area contributed by atoms with E-state index in [1.54, 1.807) is 19.1 Å². The summed E-state index contributed by atoms with van der Waals surface area (Å²) in [6.07, 6.45) is 0. The largest absolute Gasteiger partial charge is 0.478 e. The molecule has 4 heteroatoms. The molecule has 0 saturated carbocycles. The van der Waals surface area contributed by atoms with Crippen molar-refractivity contribution in [2.24, 2.45) is 0 Å². The summed E-state index contributed by atoms with van der Waals surface area (Å²) in [5.41, 5.74) is 0.723. The first-order valence-electron chi connectivity index (χ1n) is 5.33. The van der Waals surface area contributed by atoms with Crippen LogP contribution in [0.4, 0.5) is 4.39 Å². The SMILES string of the molecule is Cc1ccc(Oc2ccc(C(=O)O)cc2)cc1F. The number of ether oxygens (including phenoxy) is 1. The van der Waals surface area contributed by atoms with Crippen molar-refractivity contribution in [2.75, 3.05) is 0 Å². The molecule has 2 aromatic carbocycles. The van der Waals surface area contributed by atoms with Crippen molar-refractivity contribution in [3.05, 3.63) is 59.4 Å². The Kier molecular flexibility index (Phi) is 3.28. The second kappa shape index (κ2) is 4.87. The zero-order valence-corrected chi connectivity index (χ0v) is 9.68. The lowest BCUT2D eigenvalue weighted by Gasteiger charge is -2.06. The van der Waals surface area contributed by atoms with Crippen LogP contribution in [0.3, 0.4) is 0 Å². The molecule has 3 nitrogen and oxygen atoms in total. The van der Waals surface area contributed by atoms with E-state index in [0.29, 0.717) is 17.1 Å². The quantitative estimate of drug-likeness (QED) is 0.899. The molecule has 0 fully saturated rings. The number of carboxylic acids is 1. The summed E-state index contributed by atoms with van der Waals surface area (Å²) in [4.78, 5) is 10.7. The smallest absolute Gasteiger partial charge is 0.335 e. The van der Waals surface area contributed by atoms with Crippen molar-refractivity contribution in [3.8, 4) is 11.5 Å². The lowest BCUT2D eigenvalue weighted by Crippen LogP contribution is -1.95. The maximum Gasteiger partial charge on any atom is 0.335 e. The van der Waals surface area contributed by atoms with Crippen molar-refractivity contribution in [3.63, 3.8) is 0 Å². The molecule has 2 aromatic rings. The zero-order chi connectivity index (χ0) is 13.1. The van der Waals surface area contributed by atoms with Crippen LogP contribution in [-0.2, 0) is 0 Å². The monoisotopic (exact) mass is 246 g/mol. The Labute approximate surface area is 103 Å². The standard InChI is InChI=1S/C14H11FO3/c1-9-2-5-12(8-13(9)15)18-11-6-3-10(4-7-11)14(16)17/h2-8H,1H3,(H,16,17). The molecule has 0 aliphatic rings. The molecule has 0 heterocycles. The van der Waals surface area contributed by atoms with Crippen molar-refractivity contribution in [1.29, 1.82) is 0 Å². The second-order valence-electron chi connectivity index (χ2n) is 3.84. The fraction of sp³-hybridized carbons (Fsp3) is 0.0714. The Morgan fingerprint density at radius 3 is 2.28 bits per heavy atom. The number of hydrogen-bond donors (Lipinski definition) is 1. The summed E-state index contributed by atoms with van der Waals surface area (Å²) in [7, 11) is 0. The first-order chi connectivity index (χ1) is 8.56. The minimum absolute atomic E-state index is 0.178. The van der Waals surface area contributed by atoms with Gasteiger partial charge in [0.1, 0.15) is 17.3 Å². The third kappa shape index (κ3) is 2.66. The highest BCUT2D eigenvalue weighted by Gasteiger charge is 2.04. The zero-order valence-electron chi connectivity index (χ0n) is 9.68. The maximum atomic E-state index is 13.3. The number of carboxylic acid groups (broad SMARTS) is 1. The van der Waals surface area contributed by atoms with Gasteiger partial charge >= 0.3 is 5.97 Å². The third-order valence-electron chi connectivity index (χ3n) is 2.48. The van der Waals surface area contributed by atoms with E-state index >= 15 is 0 Å². The number of halogens is 1. The van der Waals surface area contributed by atoms with Gasteiger partial charge in [-0.15, -0.1) is 0 Å². The molecule has 0 spiro atoms. The van der Waals surface area contributed by atoms with Crippen LogP contribution in [0.1, 0.15) is 15.9 Å². The van der Waals surface area contributed by atoms with E-state index in [4.69, 9.17) is 9.84 Å². The van der Waals surface area contributed by atoms with Crippen LogP contribution in [0.5, 0.6) is 11.5 Å². The van der Waals surface area contributed by atoms with E-state index in [-0.39, 0.29) is 11.4 Å². The third-order valence-corrected chi connectivity index (χ3v) is 2.48. The van der Waals surface area contributed by atoms with Crippen LogP contribution in [0, 0.1) is 12.7 Å². The molecule has 0 aliphatic carbocycles. The molecule has 0 unspecified atom stereocenters. The van der Waals surface area contributed by atoms with Crippen LogP contribution >= 0.6 is 0 Å². The van der Waals surface area contributed by atoms with E-state index in [1.165, 1.54) is 30.3 Å². The van der Waals surface area contributed by atoms with Gasteiger partial charge in [-0.2, -0.15) is 0 Å². The molecular formula is C14H11FO3. The van der Waals surface area contributed by atoms with Gasteiger partial charge < -0.3 is 9.84 Å². The lowest BCUT2D eigenvalue weighted by atomic mass is 10.2. The first-order valence-corrected chi connectivity index (χ1v) is 5.33. The van der Waals surface area contributed by atoms with Crippen LogP contribution in [-0.4, -0.2) is 11.1 Å². The van der Waals surface area contributed by atoms with E-state index < -0.39 is 5.97 Å². The van der Waals surface area contributed by atoms with Crippen LogP contribution < -0.4 is 4.74 Å². The molecular weight excluding hydrogens is 235 g/mol. The summed E-state index contributed by atoms with van der Waals surface area (Å²) >= 11 is 0. The van der Waals surface area contributed by atoms with Crippen LogP contribution in [0.15, 0.2) is 42.5 Å². The number of aryl methyl sites for hydroxylation is 1. The molecule has 0 atom stereocenters. The molecule has 0 aliphatic heterocycles. The Bertz CT molecular complexity index is 576. The van der Waals surface area contributed by atoms with Crippen molar-refractivity contribution >= 4 is 5.97 Å². The van der Waals surface area contributed by atoms with E-state index in [0.717, 1.165) is 0 Å². The molecule has 0 amide bonds. The molecule has 0 radical (unpaired) electrons. The van der Waals surface area contributed by atoms with E-state index in [9.17, 15) is 9.18 Å². The number of rotatable bonds is 3. The summed E-state index contributed by atoms with van der Waals surface area (Å²) in [5.74, 6) is -0.498. The normalized spacial score (nSPS) is 10.1. The Morgan fingerprint density at radius 2 is 1.72 bits per heavy atom. The van der Waals surface area contributed by atoms with Gasteiger partial charge in [-0.1, -0.05) is 6.07 Å². The van der Waals surface area contributed by atoms with Gasteiger partial charge in [0, 0.05) is 6.07 Å². The van der Waals surface area contributed by atoms with Gasteiger partial charge in [0.25, 0.3) is 0 Å². The lowest BCUT2D eigenvalue weighted by molar-refractivity contribution is 0.0697. The highest BCUT2D eigenvalue weighted by Crippen LogP contribution is 2.23. The van der Waals surface area contributed by atoms with Crippen molar-refractivity contribution < 1.29 is 19.0 Å². The van der Waals surface area contributed by atoms with Crippen LogP contribution in [0.2, 0.25) is 0 Å². The Hall–Kier alpha value is -2.36. The predicted octanol–water partition coefficient (Wildman–Crippen LogP) is 3.62. The molecule has 2 rings (SSSR count).